The van der Waals surface area contributed by atoms with E-state index in [4.69, 9.17) is 18.0 Å². The van der Waals surface area contributed by atoms with Gasteiger partial charge in [0, 0.05) is 10.6 Å². The first kappa shape index (κ1) is 11.6. The van der Waals surface area contributed by atoms with Crippen molar-refractivity contribution in [3.8, 4) is 12.3 Å². The van der Waals surface area contributed by atoms with E-state index in [0.717, 1.165) is 10.6 Å². The Hall–Kier alpha value is -0.930. The van der Waals surface area contributed by atoms with Gasteiger partial charge in [-0.3, -0.25) is 0 Å². The minimum atomic E-state index is 0.641. The van der Waals surface area contributed by atoms with Gasteiger partial charge >= 0.3 is 0 Å². The highest BCUT2D eigenvalue weighted by Gasteiger charge is 2.16. The summed E-state index contributed by atoms with van der Waals surface area (Å²) in [7, 11) is 0. The molecule has 1 heteroatoms. The second-order valence-corrected chi connectivity index (χ2v) is 4.98. The van der Waals surface area contributed by atoms with Crippen LogP contribution in [0.15, 0.2) is 18.2 Å². The molecule has 1 fully saturated rings. The van der Waals surface area contributed by atoms with E-state index < -0.39 is 0 Å². The Morgan fingerprint density at radius 1 is 1.12 bits per heavy atom. The molecule has 16 heavy (non-hydrogen) atoms. The number of halogens is 1. The Kier molecular flexibility index (Phi) is 3.91. The van der Waals surface area contributed by atoms with E-state index in [1.807, 2.05) is 12.1 Å². The molecule has 0 nitrogen and oxygen atoms in total. The van der Waals surface area contributed by atoms with Gasteiger partial charge in [0.25, 0.3) is 0 Å². The molecule has 0 aromatic heterocycles. The summed E-state index contributed by atoms with van der Waals surface area (Å²) < 4.78 is 0. The maximum atomic E-state index is 6.30. The molecule has 1 aliphatic carbocycles. The standard InChI is InChI=1S/C15H17Cl/c1-2-12-9-10-14(15(16)11-12)13-7-5-3-4-6-8-13/h1,9-11,13H,3-8H2. The average molecular weight is 233 g/mol. The Balaban J connectivity index is 2.22. The van der Waals surface area contributed by atoms with Crippen LogP contribution in [-0.2, 0) is 0 Å². The Labute approximate surface area is 103 Å². The molecule has 0 unspecified atom stereocenters. The van der Waals surface area contributed by atoms with E-state index in [2.05, 4.69) is 12.0 Å². The maximum absolute atomic E-state index is 6.30. The Morgan fingerprint density at radius 2 is 1.81 bits per heavy atom. The molecule has 1 aliphatic rings. The van der Waals surface area contributed by atoms with Gasteiger partial charge in [-0.1, -0.05) is 49.3 Å². The molecule has 0 heterocycles. The van der Waals surface area contributed by atoms with E-state index in [1.54, 1.807) is 0 Å². The highest BCUT2D eigenvalue weighted by atomic mass is 35.5. The molecule has 0 spiro atoms. The highest BCUT2D eigenvalue weighted by Crippen LogP contribution is 2.35. The van der Waals surface area contributed by atoms with Crippen LogP contribution >= 0.6 is 11.6 Å². The van der Waals surface area contributed by atoms with E-state index in [0.29, 0.717) is 5.92 Å². The first-order valence-corrected chi connectivity index (χ1v) is 6.45. The monoisotopic (exact) mass is 232 g/mol. The van der Waals surface area contributed by atoms with Crippen LogP contribution in [0.25, 0.3) is 0 Å². The van der Waals surface area contributed by atoms with Crippen LogP contribution in [0, 0.1) is 12.3 Å². The third kappa shape index (κ3) is 2.60. The van der Waals surface area contributed by atoms with Crippen molar-refractivity contribution in [2.24, 2.45) is 0 Å². The van der Waals surface area contributed by atoms with Crippen molar-refractivity contribution in [1.82, 2.24) is 0 Å². The second-order valence-electron chi connectivity index (χ2n) is 4.57. The molecule has 84 valence electrons. The van der Waals surface area contributed by atoms with E-state index >= 15 is 0 Å². The molecule has 0 aliphatic heterocycles. The topological polar surface area (TPSA) is 0 Å². The summed E-state index contributed by atoms with van der Waals surface area (Å²) in [6, 6.07) is 6.04. The molecular weight excluding hydrogens is 216 g/mol. The molecule has 1 aromatic carbocycles. The van der Waals surface area contributed by atoms with Crippen molar-refractivity contribution >= 4 is 11.6 Å². The lowest BCUT2D eigenvalue weighted by molar-refractivity contribution is 0.593. The van der Waals surface area contributed by atoms with Gasteiger partial charge in [0.15, 0.2) is 0 Å². The van der Waals surface area contributed by atoms with Crippen LogP contribution in [0.3, 0.4) is 0 Å². The predicted molar refractivity (Wildman–Crippen MR) is 69.8 cm³/mol. The molecule has 0 atom stereocenters. The molecular formula is C15H17Cl. The van der Waals surface area contributed by atoms with Crippen LogP contribution in [0.4, 0.5) is 0 Å². The van der Waals surface area contributed by atoms with Crippen molar-refractivity contribution in [3.05, 3.63) is 34.3 Å². The smallest absolute Gasteiger partial charge is 0.0453 e. The first-order valence-electron chi connectivity index (χ1n) is 6.07. The SMILES string of the molecule is C#Cc1ccc(C2CCCCCC2)c(Cl)c1. The number of benzene rings is 1. The normalized spacial score (nSPS) is 17.8. The van der Waals surface area contributed by atoms with Crippen molar-refractivity contribution in [3.63, 3.8) is 0 Å². The van der Waals surface area contributed by atoms with Gasteiger partial charge in [0.2, 0.25) is 0 Å². The third-order valence-corrected chi connectivity index (χ3v) is 3.79. The zero-order valence-electron chi connectivity index (χ0n) is 9.51. The summed E-state index contributed by atoms with van der Waals surface area (Å²) in [6.07, 6.45) is 13.3. The van der Waals surface area contributed by atoms with Gasteiger partial charge in [0.05, 0.1) is 0 Å². The van der Waals surface area contributed by atoms with Crippen molar-refractivity contribution in [2.75, 3.05) is 0 Å². The largest absolute Gasteiger partial charge is 0.115 e. The predicted octanol–water partition coefficient (Wildman–Crippen LogP) is 4.76. The van der Waals surface area contributed by atoms with Gasteiger partial charge in [-0.15, -0.1) is 6.42 Å². The fourth-order valence-electron chi connectivity index (χ4n) is 2.54. The lowest BCUT2D eigenvalue weighted by Gasteiger charge is -2.16. The summed E-state index contributed by atoms with van der Waals surface area (Å²) in [6.45, 7) is 0. The quantitative estimate of drug-likeness (QED) is 0.484. The molecule has 2 rings (SSSR count). The second kappa shape index (κ2) is 5.41. The molecule has 0 saturated heterocycles. The number of terminal acetylenes is 1. The van der Waals surface area contributed by atoms with Gasteiger partial charge in [-0.05, 0) is 36.5 Å². The molecule has 0 radical (unpaired) electrons. The number of rotatable bonds is 1. The summed E-state index contributed by atoms with van der Waals surface area (Å²) in [5, 5.41) is 0.849. The summed E-state index contributed by atoms with van der Waals surface area (Å²) in [5.41, 5.74) is 2.17. The Morgan fingerprint density at radius 3 is 2.38 bits per heavy atom. The van der Waals surface area contributed by atoms with Crippen LogP contribution in [0.2, 0.25) is 5.02 Å². The first-order chi connectivity index (χ1) is 7.81. The van der Waals surface area contributed by atoms with E-state index in [1.165, 1.54) is 44.1 Å². The molecule has 0 bridgehead atoms. The summed E-state index contributed by atoms with van der Waals surface area (Å²) in [5.74, 6) is 3.27. The lowest BCUT2D eigenvalue weighted by atomic mass is 9.91. The number of hydrogen-bond acceptors (Lipinski definition) is 0. The van der Waals surface area contributed by atoms with Crippen molar-refractivity contribution < 1.29 is 0 Å². The fraction of sp³-hybridized carbons (Fsp3) is 0.467. The summed E-state index contributed by atoms with van der Waals surface area (Å²) >= 11 is 6.30. The van der Waals surface area contributed by atoms with Gasteiger partial charge in [0.1, 0.15) is 0 Å². The summed E-state index contributed by atoms with van der Waals surface area (Å²) in [4.78, 5) is 0. The third-order valence-electron chi connectivity index (χ3n) is 3.46. The lowest BCUT2D eigenvalue weighted by Crippen LogP contribution is -1.98. The minimum absolute atomic E-state index is 0.641. The minimum Gasteiger partial charge on any atom is -0.115 e. The average Bonchev–Trinajstić information content (AvgIpc) is 2.57. The van der Waals surface area contributed by atoms with Crippen molar-refractivity contribution in [2.45, 2.75) is 44.4 Å². The molecule has 1 saturated carbocycles. The zero-order valence-corrected chi connectivity index (χ0v) is 10.3. The van der Waals surface area contributed by atoms with E-state index in [9.17, 15) is 0 Å². The van der Waals surface area contributed by atoms with Crippen LogP contribution in [-0.4, -0.2) is 0 Å². The molecule has 0 amide bonds. The van der Waals surface area contributed by atoms with Gasteiger partial charge in [-0.25, -0.2) is 0 Å². The zero-order chi connectivity index (χ0) is 11.4. The molecule has 1 aromatic rings. The highest BCUT2D eigenvalue weighted by molar-refractivity contribution is 6.31. The maximum Gasteiger partial charge on any atom is 0.0453 e. The van der Waals surface area contributed by atoms with Crippen LogP contribution < -0.4 is 0 Å². The van der Waals surface area contributed by atoms with Crippen LogP contribution in [0.5, 0.6) is 0 Å². The van der Waals surface area contributed by atoms with Crippen molar-refractivity contribution in [1.29, 1.82) is 0 Å². The van der Waals surface area contributed by atoms with Crippen LogP contribution in [0.1, 0.15) is 55.6 Å². The number of hydrogen-bond donors (Lipinski definition) is 0. The Bertz CT molecular complexity index is 392. The van der Waals surface area contributed by atoms with Gasteiger partial charge in [-0.2, -0.15) is 0 Å². The van der Waals surface area contributed by atoms with E-state index in [-0.39, 0.29) is 0 Å². The fourth-order valence-corrected chi connectivity index (χ4v) is 2.87. The molecule has 0 N–H and O–H groups in total. The van der Waals surface area contributed by atoms with Gasteiger partial charge < -0.3 is 0 Å².